The molecule has 0 radical (unpaired) electrons. The second kappa shape index (κ2) is 22.0. The fourth-order valence-electron chi connectivity index (χ4n) is 4.06. The summed E-state index contributed by atoms with van der Waals surface area (Å²) in [6.45, 7) is 6.97. The second-order valence-electron chi connectivity index (χ2n) is 8.54. The van der Waals surface area contributed by atoms with E-state index in [2.05, 4.69) is 20.8 Å². The highest BCUT2D eigenvalue weighted by molar-refractivity contribution is 4.61. The zero-order valence-corrected chi connectivity index (χ0v) is 18.4. The first-order valence-corrected chi connectivity index (χ1v) is 12.3. The molecule has 0 rings (SSSR count). The van der Waals surface area contributed by atoms with Gasteiger partial charge in [0.15, 0.2) is 0 Å². The molecule has 0 spiro atoms. The third kappa shape index (κ3) is 20.2. The lowest BCUT2D eigenvalue weighted by molar-refractivity contribution is 0.371. The molecule has 0 amide bonds. The molecule has 0 nitrogen and oxygen atoms in total. The van der Waals surface area contributed by atoms with E-state index < -0.39 is 0 Å². The molecule has 0 fully saturated rings. The molecular weight excluding hydrogens is 300 g/mol. The number of hydrogen-bond donors (Lipinski definition) is 0. The average molecular weight is 353 g/mol. The van der Waals surface area contributed by atoms with E-state index in [0.29, 0.717) is 0 Å². The van der Waals surface area contributed by atoms with Crippen LogP contribution in [0, 0.1) is 5.92 Å². The van der Waals surface area contributed by atoms with Crippen LogP contribution in [0.1, 0.15) is 156 Å². The summed E-state index contributed by atoms with van der Waals surface area (Å²) in [5.74, 6) is 1.04. The van der Waals surface area contributed by atoms with Crippen molar-refractivity contribution in [3.8, 4) is 0 Å². The molecule has 1 unspecified atom stereocenters. The minimum absolute atomic E-state index is 1.04. The minimum atomic E-state index is 1.04. The van der Waals surface area contributed by atoms with E-state index in [9.17, 15) is 0 Å². The number of rotatable bonds is 21. The number of hydrogen-bond acceptors (Lipinski definition) is 0. The summed E-state index contributed by atoms with van der Waals surface area (Å²) in [7, 11) is 0. The van der Waals surface area contributed by atoms with Gasteiger partial charge in [-0.15, -0.1) is 0 Å². The fourth-order valence-corrected chi connectivity index (χ4v) is 4.06. The Morgan fingerprint density at radius 3 is 0.960 bits per heavy atom. The summed E-state index contributed by atoms with van der Waals surface area (Å²) in [6.07, 6.45) is 30.8. The van der Waals surface area contributed by atoms with Crippen molar-refractivity contribution in [2.75, 3.05) is 0 Å². The van der Waals surface area contributed by atoms with Gasteiger partial charge in [0.1, 0.15) is 0 Å². The third-order valence-electron chi connectivity index (χ3n) is 5.90. The lowest BCUT2D eigenvalue weighted by Crippen LogP contribution is -2.01. The van der Waals surface area contributed by atoms with E-state index in [1.807, 2.05) is 0 Å². The smallest absolute Gasteiger partial charge is 0.0414 e. The molecule has 0 aliphatic carbocycles. The van der Waals surface area contributed by atoms with Crippen LogP contribution in [-0.4, -0.2) is 0 Å². The van der Waals surface area contributed by atoms with E-state index in [4.69, 9.17) is 0 Å². The van der Waals surface area contributed by atoms with Gasteiger partial charge in [0.05, 0.1) is 0 Å². The van der Waals surface area contributed by atoms with Crippen LogP contribution in [0.4, 0.5) is 0 Å². The molecule has 0 saturated carbocycles. The van der Waals surface area contributed by atoms with Gasteiger partial charge in [-0.05, 0) is 5.92 Å². The fraction of sp³-hybridized carbons (Fsp3) is 1.00. The minimum Gasteiger partial charge on any atom is -0.0654 e. The summed E-state index contributed by atoms with van der Waals surface area (Å²) in [5.41, 5.74) is 0. The quantitative estimate of drug-likeness (QED) is 0.180. The van der Waals surface area contributed by atoms with Crippen molar-refractivity contribution < 1.29 is 0 Å². The summed E-state index contributed by atoms with van der Waals surface area (Å²) in [4.78, 5) is 0. The maximum absolute atomic E-state index is 2.35. The normalized spacial score (nSPS) is 12.6. The van der Waals surface area contributed by atoms with Crippen molar-refractivity contribution in [1.29, 1.82) is 0 Å². The highest BCUT2D eigenvalue weighted by Gasteiger charge is 2.08. The van der Waals surface area contributed by atoms with Crippen LogP contribution in [0.25, 0.3) is 0 Å². The predicted octanol–water partition coefficient (Wildman–Crippen LogP) is 9.85. The first kappa shape index (κ1) is 25.0. The van der Waals surface area contributed by atoms with Gasteiger partial charge in [0.25, 0.3) is 0 Å². The summed E-state index contributed by atoms with van der Waals surface area (Å²) in [5, 5.41) is 0. The lowest BCUT2D eigenvalue weighted by atomic mass is 9.90. The van der Waals surface area contributed by atoms with Crippen molar-refractivity contribution in [2.24, 2.45) is 5.92 Å². The Hall–Kier alpha value is 0. The van der Waals surface area contributed by atoms with Gasteiger partial charge < -0.3 is 0 Å². The van der Waals surface area contributed by atoms with Gasteiger partial charge in [-0.25, -0.2) is 0 Å². The first-order chi connectivity index (χ1) is 12.3. The van der Waals surface area contributed by atoms with Crippen LogP contribution >= 0.6 is 0 Å². The molecule has 0 aromatic heterocycles. The van der Waals surface area contributed by atoms with Gasteiger partial charge in [-0.3, -0.25) is 0 Å². The van der Waals surface area contributed by atoms with E-state index in [1.54, 1.807) is 0 Å². The number of unbranched alkanes of at least 4 members (excludes halogenated alkanes) is 15. The van der Waals surface area contributed by atoms with Crippen LogP contribution < -0.4 is 0 Å². The lowest BCUT2D eigenvalue weighted by Gasteiger charge is -2.16. The Labute approximate surface area is 161 Å². The predicted molar refractivity (Wildman–Crippen MR) is 117 cm³/mol. The molecule has 25 heavy (non-hydrogen) atoms. The standard InChI is InChI=1S/C25H52/c1-4-7-10-12-13-14-15-16-17-19-21-24-25(22-9-6-3)23-20-18-11-8-5-2/h25H,4-24H2,1-3H3. The largest absolute Gasteiger partial charge is 0.0654 e. The van der Waals surface area contributed by atoms with E-state index in [0.717, 1.165) is 5.92 Å². The van der Waals surface area contributed by atoms with Gasteiger partial charge in [-0.2, -0.15) is 0 Å². The van der Waals surface area contributed by atoms with Crippen LogP contribution in [-0.2, 0) is 0 Å². The van der Waals surface area contributed by atoms with Crippen LogP contribution in [0.15, 0.2) is 0 Å². The molecule has 0 aliphatic heterocycles. The van der Waals surface area contributed by atoms with Crippen molar-refractivity contribution in [3.63, 3.8) is 0 Å². The van der Waals surface area contributed by atoms with Crippen LogP contribution in [0.5, 0.6) is 0 Å². The van der Waals surface area contributed by atoms with Crippen LogP contribution in [0.2, 0.25) is 0 Å². The Kier molecular flexibility index (Phi) is 22.0. The van der Waals surface area contributed by atoms with Crippen molar-refractivity contribution in [2.45, 2.75) is 156 Å². The van der Waals surface area contributed by atoms with E-state index in [1.165, 1.54) is 135 Å². The zero-order chi connectivity index (χ0) is 18.4. The maximum atomic E-state index is 2.35. The Morgan fingerprint density at radius 1 is 0.320 bits per heavy atom. The topological polar surface area (TPSA) is 0 Å². The Morgan fingerprint density at radius 2 is 0.600 bits per heavy atom. The summed E-state index contributed by atoms with van der Waals surface area (Å²) >= 11 is 0. The van der Waals surface area contributed by atoms with Crippen molar-refractivity contribution in [1.82, 2.24) is 0 Å². The SMILES string of the molecule is CCCCCCCCCCCCCC(CCCC)CCCCCCC. The highest BCUT2D eigenvalue weighted by atomic mass is 14.1. The van der Waals surface area contributed by atoms with Gasteiger partial charge >= 0.3 is 0 Å². The summed E-state index contributed by atoms with van der Waals surface area (Å²) in [6, 6.07) is 0. The molecule has 1 atom stereocenters. The molecule has 0 aromatic carbocycles. The van der Waals surface area contributed by atoms with Gasteiger partial charge in [-0.1, -0.05) is 156 Å². The van der Waals surface area contributed by atoms with Crippen molar-refractivity contribution in [3.05, 3.63) is 0 Å². The first-order valence-electron chi connectivity index (χ1n) is 12.3. The monoisotopic (exact) mass is 352 g/mol. The molecule has 0 N–H and O–H groups in total. The average Bonchev–Trinajstić information content (AvgIpc) is 2.63. The van der Waals surface area contributed by atoms with Crippen molar-refractivity contribution >= 4 is 0 Å². The molecule has 0 heteroatoms. The Bertz CT molecular complexity index is 220. The molecule has 0 aromatic rings. The zero-order valence-electron chi connectivity index (χ0n) is 18.4. The highest BCUT2D eigenvalue weighted by Crippen LogP contribution is 2.24. The molecule has 0 aliphatic rings. The molecule has 0 saturated heterocycles. The summed E-state index contributed by atoms with van der Waals surface area (Å²) < 4.78 is 0. The van der Waals surface area contributed by atoms with Gasteiger partial charge in [0.2, 0.25) is 0 Å². The molecule has 0 bridgehead atoms. The van der Waals surface area contributed by atoms with E-state index in [-0.39, 0.29) is 0 Å². The molecule has 152 valence electrons. The third-order valence-corrected chi connectivity index (χ3v) is 5.90. The van der Waals surface area contributed by atoms with Crippen LogP contribution in [0.3, 0.4) is 0 Å². The molecular formula is C25H52. The second-order valence-corrected chi connectivity index (χ2v) is 8.54. The van der Waals surface area contributed by atoms with E-state index >= 15 is 0 Å². The molecule has 0 heterocycles. The van der Waals surface area contributed by atoms with Gasteiger partial charge in [0, 0.05) is 0 Å². The Balaban J connectivity index is 3.47. The maximum Gasteiger partial charge on any atom is -0.0414 e.